The van der Waals surface area contributed by atoms with Crippen molar-refractivity contribution in [1.29, 1.82) is 0 Å². The number of thioether (sulfide) groups is 1. The molecule has 1 aromatic rings. The van der Waals surface area contributed by atoms with Gasteiger partial charge in [-0.1, -0.05) is 23.1 Å². The van der Waals surface area contributed by atoms with Gasteiger partial charge in [-0.05, 0) is 19.3 Å². The number of carboxylic acids is 1. The first-order valence-corrected chi connectivity index (χ1v) is 8.15. The highest BCUT2D eigenvalue weighted by molar-refractivity contribution is 8.01. The number of aliphatic carboxylic acids is 1. The molecule has 0 bridgehead atoms. The van der Waals surface area contributed by atoms with Crippen molar-refractivity contribution in [1.82, 2.24) is 15.1 Å². The third-order valence-corrected chi connectivity index (χ3v) is 4.82. The number of nitrogens with zero attached hydrogens (tertiary/aromatic N) is 3. The van der Waals surface area contributed by atoms with Gasteiger partial charge in [0.1, 0.15) is 0 Å². The lowest BCUT2D eigenvalue weighted by Gasteiger charge is -2.26. The molecular formula is C11H16N4O3S2. The van der Waals surface area contributed by atoms with Crippen LogP contribution in [0, 0.1) is 0 Å². The molecule has 0 spiro atoms. The molecule has 1 aromatic heterocycles. The second-order valence-corrected chi connectivity index (χ2v) is 6.55. The summed E-state index contributed by atoms with van der Waals surface area (Å²) in [4.78, 5) is 24.2. The minimum absolute atomic E-state index is 0.0403. The number of anilines is 1. The summed E-state index contributed by atoms with van der Waals surface area (Å²) in [6, 6.07) is 0. The van der Waals surface area contributed by atoms with Crippen LogP contribution in [0.5, 0.6) is 0 Å². The van der Waals surface area contributed by atoms with E-state index < -0.39 is 5.97 Å². The number of carbonyl (C=O) groups excluding carboxylic acids is 1. The van der Waals surface area contributed by atoms with Crippen molar-refractivity contribution >= 4 is 40.1 Å². The highest BCUT2D eigenvalue weighted by atomic mass is 32.2. The highest BCUT2D eigenvalue weighted by Gasteiger charge is 2.16. The predicted octanol–water partition coefficient (Wildman–Crippen LogP) is 1.14. The quantitative estimate of drug-likeness (QED) is 0.760. The summed E-state index contributed by atoms with van der Waals surface area (Å²) in [7, 11) is 0. The molecule has 0 saturated carbocycles. The van der Waals surface area contributed by atoms with Gasteiger partial charge in [0, 0.05) is 13.1 Å². The SMILES string of the molecule is O=C(O)CSc1nnc(NCC(=O)N2CCCCC2)s1. The number of hydrogen-bond acceptors (Lipinski definition) is 7. The van der Waals surface area contributed by atoms with Gasteiger partial charge in [0.25, 0.3) is 0 Å². The van der Waals surface area contributed by atoms with Crippen LogP contribution in [0.1, 0.15) is 19.3 Å². The van der Waals surface area contributed by atoms with E-state index in [0.29, 0.717) is 9.47 Å². The third kappa shape index (κ3) is 4.64. The van der Waals surface area contributed by atoms with Crippen LogP contribution in [0.3, 0.4) is 0 Å². The average molecular weight is 316 g/mol. The molecule has 0 atom stereocenters. The van der Waals surface area contributed by atoms with E-state index in [1.54, 1.807) is 0 Å². The number of amides is 1. The lowest BCUT2D eigenvalue weighted by atomic mass is 10.1. The van der Waals surface area contributed by atoms with E-state index in [9.17, 15) is 9.59 Å². The maximum atomic E-state index is 11.9. The standard InChI is InChI=1S/C11H16N4O3S2/c16-8(15-4-2-1-3-5-15)6-12-10-13-14-11(20-10)19-7-9(17)18/h1-7H2,(H,12,13)(H,17,18). The zero-order valence-electron chi connectivity index (χ0n) is 10.9. The first-order chi connectivity index (χ1) is 9.65. The average Bonchev–Trinajstić information content (AvgIpc) is 2.91. The van der Waals surface area contributed by atoms with Crippen LogP contribution in [-0.4, -0.2) is 57.5 Å². The van der Waals surface area contributed by atoms with Crippen LogP contribution < -0.4 is 5.32 Å². The summed E-state index contributed by atoms with van der Waals surface area (Å²) in [5.41, 5.74) is 0. The minimum atomic E-state index is -0.889. The van der Waals surface area contributed by atoms with Gasteiger partial charge in [-0.2, -0.15) is 0 Å². The van der Waals surface area contributed by atoms with Crippen molar-refractivity contribution in [2.24, 2.45) is 0 Å². The summed E-state index contributed by atoms with van der Waals surface area (Å²) in [5, 5.41) is 19.8. The lowest BCUT2D eigenvalue weighted by Crippen LogP contribution is -2.39. The molecule has 0 aliphatic carbocycles. The van der Waals surface area contributed by atoms with Crippen molar-refractivity contribution in [3.05, 3.63) is 0 Å². The number of piperidine rings is 1. The number of carboxylic acid groups (broad SMARTS) is 1. The molecule has 9 heteroatoms. The largest absolute Gasteiger partial charge is 0.481 e. The number of aromatic nitrogens is 2. The van der Waals surface area contributed by atoms with Crippen LogP contribution in [0.25, 0.3) is 0 Å². The van der Waals surface area contributed by atoms with E-state index in [2.05, 4.69) is 15.5 Å². The molecule has 1 aliphatic rings. The summed E-state index contributed by atoms with van der Waals surface area (Å²) >= 11 is 2.38. The number of nitrogens with one attached hydrogen (secondary N) is 1. The summed E-state index contributed by atoms with van der Waals surface area (Å²) < 4.78 is 0.584. The molecule has 2 N–H and O–H groups in total. The van der Waals surface area contributed by atoms with Crippen molar-refractivity contribution in [2.45, 2.75) is 23.6 Å². The fourth-order valence-corrected chi connectivity index (χ4v) is 3.34. The Labute approximate surface area is 124 Å². The molecule has 0 radical (unpaired) electrons. The van der Waals surface area contributed by atoms with Crippen LogP contribution in [-0.2, 0) is 9.59 Å². The van der Waals surface area contributed by atoms with Gasteiger partial charge in [0.2, 0.25) is 11.0 Å². The molecule has 110 valence electrons. The summed E-state index contributed by atoms with van der Waals surface area (Å²) in [5.74, 6) is -0.860. The predicted molar refractivity (Wildman–Crippen MR) is 77.2 cm³/mol. The Morgan fingerprint density at radius 3 is 2.75 bits per heavy atom. The van der Waals surface area contributed by atoms with Gasteiger partial charge < -0.3 is 15.3 Å². The summed E-state index contributed by atoms with van der Waals surface area (Å²) in [6.45, 7) is 1.87. The van der Waals surface area contributed by atoms with Crippen LogP contribution in [0.15, 0.2) is 4.34 Å². The minimum Gasteiger partial charge on any atom is -0.481 e. The molecule has 1 saturated heterocycles. The lowest BCUT2D eigenvalue weighted by molar-refractivity contribution is -0.134. The van der Waals surface area contributed by atoms with Gasteiger partial charge in [-0.3, -0.25) is 9.59 Å². The number of likely N-dealkylation sites (tertiary alicyclic amines) is 1. The Hall–Kier alpha value is -1.35. The summed E-state index contributed by atoms with van der Waals surface area (Å²) in [6.07, 6.45) is 3.33. The third-order valence-electron chi connectivity index (χ3n) is 2.83. The topological polar surface area (TPSA) is 95.4 Å². The van der Waals surface area contributed by atoms with E-state index in [-0.39, 0.29) is 18.2 Å². The van der Waals surface area contributed by atoms with Crippen molar-refractivity contribution in [2.75, 3.05) is 30.7 Å². The Morgan fingerprint density at radius 1 is 1.30 bits per heavy atom. The molecule has 0 aromatic carbocycles. The number of carbonyl (C=O) groups is 2. The fraction of sp³-hybridized carbons (Fsp3) is 0.636. The smallest absolute Gasteiger partial charge is 0.313 e. The van der Waals surface area contributed by atoms with E-state index in [0.717, 1.165) is 37.7 Å². The first-order valence-electron chi connectivity index (χ1n) is 6.35. The Balaban J connectivity index is 1.75. The van der Waals surface area contributed by atoms with E-state index in [1.165, 1.54) is 17.8 Å². The van der Waals surface area contributed by atoms with Crippen molar-refractivity contribution in [3.8, 4) is 0 Å². The molecule has 20 heavy (non-hydrogen) atoms. The van der Waals surface area contributed by atoms with Gasteiger partial charge in [0.15, 0.2) is 4.34 Å². The van der Waals surface area contributed by atoms with Crippen molar-refractivity contribution in [3.63, 3.8) is 0 Å². The second-order valence-electron chi connectivity index (χ2n) is 4.35. The van der Waals surface area contributed by atoms with Crippen LogP contribution in [0.2, 0.25) is 0 Å². The fourth-order valence-electron chi connectivity index (χ4n) is 1.87. The zero-order chi connectivity index (χ0) is 14.4. The molecule has 7 nitrogen and oxygen atoms in total. The Bertz CT molecular complexity index is 474. The molecule has 2 rings (SSSR count). The molecule has 1 fully saturated rings. The van der Waals surface area contributed by atoms with Crippen LogP contribution in [0.4, 0.5) is 5.13 Å². The van der Waals surface area contributed by atoms with Gasteiger partial charge >= 0.3 is 5.97 Å². The molecule has 1 amide bonds. The maximum Gasteiger partial charge on any atom is 0.313 e. The van der Waals surface area contributed by atoms with Gasteiger partial charge in [-0.15, -0.1) is 10.2 Å². The Morgan fingerprint density at radius 2 is 2.05 bits per heavy atom. The van der Waals surface area contributed by atoms with E-state index in [4.69, 9.17) is 5.11 Å². The highest BCUT2D eigenvalue weighted by Crippen LogP contribution is 2.25. The zero-order valence-corrected chi connectivity index (χ0v) is 12.5. The second kappa shape index (κ2) is 7.44. The Kier molecular flexibility index (Phi) is 5.60. The maximum absolute atomic E-state index is 11.9. The van der Waals surface area contributed by atoms with E-state index in [1.807, 2.05) is 4.90 Å². The number of hydrogen-bond donors (Lipinski definition) is 2. The van der Waals surface area contributed by atoms with Gasteiger partial charge in [0.05, 0.1) is 12.3 Å². The first kappa shape index (κ1) is 15.0. The number of rotatable bonds is 6. The normalized spacial score (nSPS) is 15.1. The molecular weight excluding hydrogens is 300 g/mol. The van der Waals surface area contributed by atoms with Crippen molar-refractivity contribution < 1.29 is 14.7 Å². The molecule has 2 heterocycles. The molecule has 1 aliphatic heterocycles. The monoisotopic (exact) mass is 316 g/mol. The van der Waals surface area contributed by atoms with Gasteiger partial charge in [-0.25, -0.2) is 0 Å². The van der Waals surface area contributed by atoms with Crippen LogP contribution >= 0.6 is 23.1 Å². The van der Waals surface area contributed by atoms with E-state index >= 15 is 0 Å². The molecule has 0 unspecified atom stereocenters.